The summed E-state index contributed by atoms with van der Waals surface area (Å²) in [7, 11) is 0. The van der Waals surface area contributed by atoms with Crippen LogP contribution in [0.15, 0.2) is 12.3 Å². The molecule has 1 unspecified atom stereocenters. The topological polar surface area (TPSA) is 86.3 Å². The molecule has 0 bridgehead atoms. The van der Waals surface area contributed by atoms with Crippen molar-refractivity contribution in [3.05, 3.63) is 18.0 Å². The van der Waals surface area contributed by atoms with Crippen molar-refractivity contribution < 1.29 is 14.7 Å². The molecule has 0 spiro atoms. The Hall–Kier alpha value is -1.85. The Morgan fingerprint density at radius 3 is 2.86 bits per heavy atom. The molecule has 0 radical (unpaired) electrons. The predicted octanol–water partition coefficient (Wildman–Crippen LogP) is 2.01. The third-order valence-electron chi connectivity index (χ3n) is 4.00. The molecule has 116 valence electrons. The van der Waals surface area contributed by atoms with Gasteiger partial charge >= 0.3 is 5.97 Å². The van der Waals surface area contributed by atoms with Crippen molar-refractivity contribution >= 4 is 11.9 Å². The lowest BCUT2D eigenvalue weighted by Gasteiger charge is -2.34. The fourth-order valence-electron chi connectivity index (χ4n) is 2.94. The minimum Gasteiger partial charge on any atom is -0.481 e. The SMILES string of the molecule is CC(C)(CC(=O)O)CC(=O)N1CCCC(c2ccn[nH]2)C1. The highest BCUT2D eigenvalue weighted by atomic mass is 16.4. The van der Waals surface area contributed by atoms with Crippen LogP contribution in [0.3, 0.4) is 0 Å². The molecular formula is C15H23N3O3. The van der Waals surface area contributed by atoms with E-state index in [4.69, 9.17) is 5.11 Å². The molecule has 0 aliphatic carbocycles. The summed E-state index contributed by atoms with van der Waals surface area (Å²) in [5, 5.41) is 15.8. The number of nitrogens with one attached hydrogen (secondary N) is 1. The Morgan fingerprint density at radius 1 is 1.48 bits per heavy atom. The molecule has 21 heavy (non-hydrogen) atoms. The number of aromatic nitrogens is 2. The molecule has 1 aliphatic rings. The molecule has 6 nitrogen and oxygen atoms in total. The van der Waals surface area contributed by atoms with E-state index in [1.54, 1.807) is 6.20 Å². The smallest absolute Gasteiger partial charge is 0.303 e. The van der Waals surface area contributed by atoms with Gasteiger partial charge in [-0.2, -0.15) is 5.10 Å². The van der Waals surface area contributed by atoms with Gasteiger partial charge in [-0.1, -0.05) is 13.8 Å². The number of likely N-dealkylation sites (tertiary alicyclic amines) is 1. The number of aliphatic carboxylic acids is 1. The second-order valence-corrected chi connectivity index (χ2v) is 6.60. The van der Waals surface area contributed by atoms with Crippen molar-refractivity contribution in [3.8, 4) is 0 Å². The Bertz CT molecular complexity index is 496. The molecule has 1 aliphatic heterocycles. The number of carboxylic acids is 1. The Balaban J connectivity index is 1.94. The monoisotopic (exact) mass is 293 g/mol. The van der Waals surface area contributed by atoms with E-state index in [-0.39, 0.29) is 18.7 Å². The van der Waals surface area contributed by atoms with Gasteiger partial charge in [-0.25, -0.2) is 0 Å². The first-order valence-corrected chi connectivity index (χ1v) is 7.36. The maximum absolute atomic E-state index is 12.4. The number of rotatable bonds is 5. The molecule has 1 saturated heterocycles. The standard InChI is InChI=1S/C15H23N3O3/c1-15(2,9-14(20)21)8-13(19)18-7-3-4-11(10-18)12-5-6-16-17-12/h5-6,11H,3-4,7-10H2,1-2H3,(H,16,17)(H,20,21). The van der Waals surface area contributed by atoms with Crippen LogP contribution in [0, 0.1) is 5.41 Å². The second kappa shape index (κ2) is 6.28. The van der Waals surface area contributed by atoms with Crippen LogP contribution in [-0.2, 0) is 9.59 Å². The van der Waals surface area contributed by atoms with Gasteiger partial charge in [0.05, 0.1) is 6.42 Å². The van der Waals surface area contributed by atoms with Gasteiger partial charge in [0, 0.05) is 37.3 Å². The first-order chi connectivity index (χ1) is 9.87. The second-order valence-electron chi connectivity index (χ2n) is 6.60. The van der Waals surface area contributed by atoms with Gasteiger partial charge in [-0.15, -0.1) is 0 Å². The zero-order valence-corrected chi connectivity index (χ0v) is 12.6. The highest BCUT2D eigenvalue weighted by molar-refractivity contribution is 5.78. The number of amides is 1. The first-order valence-electron chi connectivity index (χ1n) is 7.36. The summed E-state index contributed by atoms with van der Waals surface area (Å²) in [6, 6.07) is 1.95. The average molecular weight is 293 g/mol. The molecule has 0 aromatic carbocycles. The number of nitrogens with zero attached hydrogens (tertiary/aromatic N) is 2. The lowest BCUT2D eigenvalue weighted by molar-refractivity contribution is -0.141. The number of carbonyl (C=O) groups is 2. The third-order valence-corrected chi connectivity index (χ3v) is 4.00. The van der Waals surface area contributed by atoms with Gasteiger partial charge in [0.2, 0.25) is 5.91 Å². The van der Waals surface area contributed by atoms with Crippen molar-refractivity contribution in [2.24, 2.45) is 5.41 Å². The van der Waals surface area contributed by atoms with E-state index < -0.39 is 11.4 Å². The first kappa shape index (κ1) is 15.5. The van der Waals surface area contributed by atoms with Crippen LogP contribution in [0.2, 0.25) is 0 Å². The molecule has 2 rings (SSSR count). The number of H-pyrrole nitrogens is 1. The fraction of sp³-hybridized carbons (Fsp3) is 0.667. The molecule has 1 aromatic rings. The largest absolute Gasteiger partial charge is 0.481 e. The van der Waals surface area contributed by atoms with E-state index in [1.807, 2.05) is 24.8 Å². The number of hydrogen-bond acceptors (Lipinski definition) is 3. The number of hydrogen-bond donors (Lipinski definition) is 2. The van der Waals surface area contributed by atoms with Crippen molar-refractivity contribution in [1.29, 1.82) is 0 Å². The maximum atomic E-state index is 12.4. The van der Waals surface area contributed by atoms with Gasteiger partial charge in [-0.05, 0) is 24.3 Å². The zero-order chi connectivity index (χ0) is 15.5. The summed E-state index contributed by atoms with van der Waals surface area (Å²) in [6.07, 6.45) is 4.02. The van der Waals surface area contributed by atoms with Crippen LogP contribution < -0.4 is 0 Å². The summed E-state index contributed by atoms with van der Waals surface area (Å²) in [5.41, 5.74) is 0.557. The summed E-state index contributed by atoms with van der Waals surface area (Å²) in [6.45, 7) is 5.10. The predicted molar refractivity (Wildman–Crippen MR) is 77.8 cm³/mol. The fourth-order valence-corrected chi connectivity index (χ4v) is 2.94. The lowest BCUT2D eigenvalue weighted by atomic mass is 9.84. The molecule has 1 atom stereocenters. The van der Waals surface area contributed by atoms with Crippen LogP contribution in [0.1, 0.15) is 51.1 Å². The normalized spacial score (nSPS) is 19.5. The molecule has 2 N–H and O–H groups in total. The average Bonchev–Trinajstić information content (AvgIpc) is 2.90. The van der Waals surface area contributed by atoms with E-state index in [1.165, 1.54) is 0 Å². The molecular weight excluding hydrogens is 270 g/mol. The number of carbonyl (C=O) groups excluding carboxylic acids is 1. The molecule has 2 heterocycles. The van der Waals surface area contributed by atoms with Gasteiger partial charge in [0.25, 0.3) is 0 Å². The summed E-state index contributed by atoms with van der Waals surface area (Å²) in [4.78, 5) is 25.1. The molecule has 6 heteroatoms. The number of piperidine rings is 1. The highest BCUT2D eigenvalue weighted by Gasteiger charge is 2.30. The van der Waals surface area contributed by atoms with Crippen LogP contribution in [-0.4, -0.2) is 45.2 Å². The summed E-state index contributed by atoms with van der Waals surface area (Å²) >= 11 is 0. The van der Waals surface area contributed by atoms with Gasteiger partial charge in [0.15, 0.2) is 0 Å². The van der Waals surface area contributed by atoms with E-state index in [2.05, 4.69) is 10.2 Å². The maximum Gasteiger partial charge on any atom is 0.303 e. The van der Waals surface area contributed by atoms with Crippen LogP contribution in [0.4, 0.5) is 0 Å². The Morgan fingerprint density at radius 2 is 2.24 bits per heavy atom. The van der Waals surface area contributed by atoms with Gasteiger partial charge in [-0.3, -0.25) is 14.7 Å². The van der Waals surface area contributed by atoms with Crippen molar-refractivity contribution in [2.45, 2.75) is 45.4 Å². The summed E-state index contributed by atoms with van der Waals surface area (Å²) in [5.74, 6) is -0.514. The zero-order valence-electron chi connectivity index (χ0n) is 12.6. The molecule has 0 saturated carbocycles. The van der Waals surface area contributed by atoms with Crippen molar-refractivity contribution in [3.63, 3.8) is 0 Å². The molecule has 1 aromatic heterocycles. The van der Waals surface area contributed by atoms with E-state index >= 15 is 0 Å². The third kappa shape index (κ3) is 4.31. The van der Waals surface area contributed by atoms with Crippen LogP contribution in [0.25, 0.3) is 0 Å². The lowest BCUT2D eigenvalue weighted by Crippen LogP contribution is -2.41. The molecule has 1 amide bonds. The quantitative estimate of drug-likeness (QED) is 0.869. The molecule has 1 fully saturated rings. The highest BCUT2D eigenvalue weighted by Crippen LogP contribution is 2.29. The number of aromatic amines is 1. The van der Waals surface area contributed by atoms with E-state index in [0.29, 0.717) is 12.5 Å². The van der Waals surface area contributed by atoms with Crippen LogP contribution >= 0.6 is 0 Å². The van der Waals surface area contributed by atoms with Crippen molar-refractivity contribution in [1.82, 2.24) is 15.1 Å². The Labute approximate surface area is 124 Å². The number of carboxylic acid groups (broad SMARTS) is 1. The van der Waals surface area contributed by atoms with E-state index in [0.717, 1.165) is 25.1 Å². The Kier molecular flexibility index (Phi) is 4.65. The van der Waals surface area contributed by atoms with Gasteiger partial charge < -0.3 is 10.0 Å². The minimum atomic E-state index is -0.859. The minimum absolute atomic E-state index is 0.0105. The van der Waals surface area contributed by atoms with Crippen molar-refractivity contribution in [2.75, 3.05) is 13.1 Å². The summed E-state index contributed by atoms with van der Waals surface area (Å²) < 4.78 is 0. The van der Waals surface area contributed by atoms with Crippen LogP contribution in [0.5, 0.6) is 0 Å². The van der Waals surface area contributed by atoms with E-state index in [9.17, 15) is 9.59 Å². The van der Waals surface area contributed by atoms with Gasteiger partial charge in [0.1, 0.15) is 0 Å².